The lowest BCUT2D eigenvalue weighted by atomic mass is 9.82. The molecule has 1 saturated carbocycles. The van der Waals surface area contributed by atoms with Crippen LogP contribution in [0, 0.1) is 11.8 Å². The summed E-state index contributed by atoms with van der Waals surface area (Å²) in [6.07, 6.45) is 0.791. The van der Waals surface area contributed by atoms with Crippen molar-refractivity contribution in [1.82, 2.24) is 19.9 Å². The Morgan fingerprint density at radius 2 is 1.89 bits per heavy atom. The first-order chi connectivity index (χ1) is 16.7. The largest absolute Gasteiger partial charge is 0.416 e. The molecule has 11 heteroatoms. The normalized spacial score (nSPS) is 21.5. The van der Waals surface area contributed by atoms with Crippen LogP contribution in [-0.4, -0.2) is 71.5 Å². The monoisotopic (exact) mass is 493 g/mol. The lowest BCUT2D eigenvalue weighted by Crippen LogP contribution is -2.54. The molecule has 0 atom stereocenters. The maximum Gasteiger partial charge on any atom is 0.416 e. The predicted molar refractivity (Wildman–Crippen MR) is 123 cm³/mol. The second-order valence-corrected chi connectivity index (χ2v) is 9.39. The fourth-order valence-electron chi connectivity index (χ4n) is 5.02. The Morgan fingerprint density at radius 3 is 2.54 bits per heavy atom. The Bertz CT molecular complexity index is 1070. The smallest absolute Gasteiger partial charge is 0.362 e. The first-order valence-corrected chi connectivity index (χ1v) is 11.8. The van der Waals surface area contributed by atoms with E-state index in [-0.39, 0.29) is 41.3 Å². The zero-order valence-corrected chi connectivity index (χ0v) is 19.8. The Morgan fingerprint density at radius 1 is 1.17 bits per heavy atom. The maximum absolute atomic E-state index is 13.1. The van der Waals surface area contributed by atoms with Gasteiger partial charge < -0.3 is 5.32 Å². The number of likely N-dealkylation sites (tertiary alicyclic amines) is 1. The van der Waals surface area contributed by atoms with E-state index in [0.29, 0.717) is 18.0 Å². The summed E-state index contributed by atoms with van der Waals surface area (Å²) in [6.45, 7) is 1.69. The second-order valence-electron chi connectivity index (χ2n) is 9.39. The Balaban J connectivity index is 1.23. The Kier molecular flexibility index (Phi) is 7.56. The van der Waals surface area contributed by atoms with Gasteiger partial charge in [-0.2, -0.15) is 13.2 Å². The van der Waals surface area contributed by atoms with Crippen LogP contribution < -0.4 is 5.32 Å². The third-order valence-electron chi connectivity index (χ3n) is 7.06. The van der Waals surface area contributed by atoms with E-state index in [9.17, 15) is 22.8 Å². The van der Waals surface area contributed by atoms with E-state index in [0.717, 1.165) is 50.9 Å². The fourth-order valence-corrected chi connectivity index (χ4v) is 5.02. The summed E-state index contributed by atoms with van der Waals surface area (Å²) >= 11 is 0. The number of anilines is 1. The number of hydrogen-bond donors (Lipinski definition) is 1. The number of carbonyl (C=O) groups is 2. The molecule has 1 saturated heterocycles. The van der Waals surface area contributed by atoms with E-state index in [1.807, 2.05) is 0 Å². The molecule has 1 aliphatic heterocycles. The number of nitrogens with zero attached hydrogens (tertiary/aromatic N) is 4. The number of hydroxylamine groups is 2. The number of carbonyl (C=O) groups excluding carboxylic acids is 2. The first-order valence-electron chi connectivity index (χ1n) is 11.8. The summed E-state index contributed by atoms with van der Waals surface area (Å²) in [7, 11) is 3.12. The zero-order chi connectivity index (χ0) is 25.2. The lowest BCUT2D eigenvalue weighted by molar-refractivity contribution is -0.175. The van der Waals surface area contributed by atoms with Crippen molar-refractivity contribution < 1.29 is 27.6 Å². The number of amides is 1. The van der Waals surface area contributed by atoms with Gasteiger partial charge in [0.1, 0.15) is 12.1 Å². The standard InChI is InChI=1S/C24H30F3N5O3/c1-31(35-2)23(34)16-3-6-18(7-4-16)32-12-15(13-32)9-19(33)11-28-22-20-10-17(24(25,26)27)5-8-21(20)29-14-30-22/h5,8,10,14-16,18H,3-4,6-7,9,11-13H2,1-2H3,(H,28,29,30). The molecule has 1 amide bonds. The third kappa shape index (κ3) is 5.90. The molecule has 8 nitrogen and oxygen atoms in total. The summed E-state index contributed by atoms with van der Waals surface area (Å²) in [5.74, 6) is 0.505. The highest BCUT2D eigenvalue weighted by Gasteiger charge is 2.37. The number of ketones is 1. The molecule has 2 fully saturated rings. The van der Waals surface area contributed by atoms with Gasteiger partial charge in [-0.25, -0.2) is 15.0 Å². The molecule has 2 heterocycles. The van der Waals surface area contributed by atoms with E-state index in [2.05, 4.69) is 20.2 Å². The molecule has 4 rings (SSSR count). The van der Waals surface area contributed by atoms with Crippen LogP contribution in [0.1, 0.15) is 37.7 Å². The summed E-state index contributed by atoms with van der Waals surface area (Å²) in [4.78, 5) is 40.2. The van der Waals surface area contributed by atoms with Crippen LogP contribution in [0.4, 0.5) is 19.0 Å². The number of hydrogen-bond acceptors (Lipinski definition) is 7. The van der Waals surface area contributed by atoms with Crippen molar-refractivity contribution in [2.75, 3.05) is 39.1 Å². The van der Waals surface area contributed by atoms with Crippen LogP contribution in [0.2, 0.25) is 0 Å². The van der Waals surface area contributed by atoms with Gasteiger partial charge in [-0.05, 0) is 49.8 Å². The van der Waals surface area contributed by atoms with E-state index in [1.54, 1.807) is 7.05 Å². The van der Waals surface area contributed by atoms with Crippen LogP contribution in [0.15, 0.2) is 24.5 Å². The molecule has 190 valence electrons. The molecule has 2 aliphatic rings. The number of Topliss-reactive ketones (excluding diaryl/α,β-unsaturated/α-hetero) is 1. The minimum atomic E-state index is -4.47. The molecular formula is C24H30F3N5O3. The summed E-state index contributed by atoms with van der Waals surface area (Å²) < 4.78 is 39.2. The van der Waals surface area contributed by atoms with E-state index in [1.165, 1.54) is 24.6 Å². The molecule has 0 radical (unpaired) electrons. The van der Waals surface area contributed by atoms with Crippen molar-refractivity contribution in [2.24, 2.45) is 11.8 Å². The van der Waals surface area contributed by atoms with Gasteiger partial charge in [0.15, 0.2) is 5.78 Å². The molecule has 1 aromatic carbocycles. The Hall–Kier alpha value is -2.79. The summed E-state index contributed by atoms with van der Waals surface area (Å²) in [5.41, 5.74) is -0.407. The lowest BCUT2D eigenvalue weighted by Gasteiger charge is -2.46. The molecule has 0 bridgehead atoms. The number of aromatic nitrogens is 2. The number of fused-ring (bicyclic) bond motifs is 1. The molecule has 35 heavy (non-hydrogen) atoms. The minimum absolute atomic E-state index is 0.000897. The van der Waals surface area contributed by atoms with E-state index >= 15 is 0 Å². The highest BCUT2D eigenvalue weighted by Crippen LogP contribution is 2.34. The molecule has 0 spiro atoms. The van der Waals surface area contributed by atoms with Gasteiger partial charge in [-0.3, -0.25) is 19.3 Å². The second kappa shape index (κ2) is 10.4. The number of rotatable bonds is 8. The van der Waals surface area contributed by atoms with E-state index in [4.69, 9.17) is 4.84 Å². The predicted octanol–water partition coefficient (Wildman–Crippen LogP) is 3.53. The molecule has 0 unspecified atom stereocenters. The molecule has 1 aliphatic carbocycles. The van der Waals surface area contributed by atoms with E-state index < -0.39 is 11.7 Å². The van der Waals surface area contributed by atoms with Gasteiger partial charge in [-0.1, -0.05) is 0 Å². The third-order valence-corrected chi connectivity index (χ3v) is 7.06. The highest BCUT2D eigenvalue weighted by molar-refractivity contribution is 5.91. The van der Waals surface area contributed by atoms with Gasteiger partial charge in [0.25, 0.3) is 0 Å². The summed E-state index contributed by atoms with van der Waals surface area (Å²) in [5, 5.41) is 4.42. The molecule has 1 N–H and O–H groups in total. The number of alkyl halides is 3. The number of nitrogens with one attached hydrogen (secondary N) is 1. The zero-order valence-electron chi connectivity index (χ0n) is 19.8. The topological polar surface area (TPSA) is 87.7 Å². The Labute approximate surface area is 201 Å². The fraction of sp³-hybridized carbons (Fsp3) is 0.583. The van der Waals surface area contributed by atoms with Gasteiger partial charge >= 0.3 is 6.18 Å². The van der Waals surface area contributed by atoms with Gasteiger partial charge in [-0.15, -0.1) is 0 Å². The van der Waals surface area contributed by atoms with Crippen molar-refractivity contribution in [3.05, 3.63) is 30.1 Å². The van der Waals surface area contributed by atoms with Crippen molar-refractivity contribution in [3.8, 4) is 0 Å². The maximum atomic E-state index is 13.1. The number of benzene rings is 1. The highest BCUT2D eigenvalue weighted by atomic mass is 19.4. The van der Waals surface area contributed by atoms with Gasteiger partial charge in [0.05, 0.1) is 24.7 Å². The van der Waals surface area contributed by atoms with Crippen molar-refractivity contribution in [2.45, 2.75) is 44.3 Å². The molecule has 2 aromatic rings. The van der Waals surface area contributed by atoms with Crippen LogP contribution >= 0.6 is 0 Å². The average Bonchev–Trinajstić information content (AvgIpc) is 2.83. The van der Waals surface area contributed by atoms with Gasteiger partial charge in [0.2, 0.25) is 5.91 Å². The molecule has 1 aromatic heterocycles. The van der Waals surface area contributed by atoms with Crippen molar-refractivity contribution in [1.29, 1.82) is 0 Å². The van der Waals surface area contributed by atoms with Crippen LogP contribution in [-0.2, 0) is 20.6 Å². The minimum Gasteiger partial charge on any atom is -0.362 e. The summed E-state index contributed by atoms with van der Waals surface area (Å²) in [6, 6.07) is 3.72. The van der Waals surface area contributed by atoms with Gasteiger partial charge in [0, 0.05) is 43.9 Å². The number of halogens is 3. The first kappa shape index (κ1) is 25.3. The van der Waals surface area contributed by atoms with Crippen molar-refractivity contribution >= 4 is 28.4 Å². The van der Waals surface area contributed by atoms with Crippen LogP contribution in [0.3, 0.4) is 0 Å². The SMILES string of the molecule is CON(C)C(=O)C1CCC(N2CC(CC(=O)CNc3ncnc4ccc(C(F)(F)F)cc34)C2)CC1. The van der Waals surface area contributed by atoms with Crippen LogP contribution in [0.5, 0.6) is 0 Å². The average molecular weight is 494 g/mol. The quantitative estimate of drug-likeness (QED) is 0.563. The molecular weight excluding hydrogens is 463 g/mol. The van der Waals surface area contributed by atoms with Crippen molar-refractivity contribution in [3.63, 3.8) is 0 Å². The van der Waals surface area contributed by atoms with Crippen LogP contribution in [0.25, 0.3) is 10.9 Å².